The zero-order valence-corrected chi connectivity index (χ0v) is 7.08. The molecule has 56 valence electrons. The van der Waals surface area contributed by atoms with E-state index in [2.05, 4.69) is 6.92 Å². The molecular formula is C7H16OS. The molecule has 0 aromatic heterocycles. The average molecular weight is 148 g/mol. The highest BCUT2D eigenvalue weighted by Gasteiger charge is 1.93. The second-order valence-electron chi connectivity index (χ2n) is 2.18. The lowest BCUT2D eigenvalue weighted by Crippen LogP contribution is -1.93. The van der Waals surface area contributed by atoms with E-state index >= 15 is 0 Å². The summed E-state index contributed by atoms with van der Waals surface area (Å²) in [5.74, 6) is 1.10. The Labute approximate surface area is 61.8 Å². The van der Waals surface area contributed by atoms with Gasteiger partial charge in [0.05, 0.1) is 5.44 Å². The molecule has 0 aromatic rings. The molecule has 0 radical (unpaired) electrons. The van der Waals surface area contributed by atoms with E-state index in [1.807, 2.05) is 6.92 Å². The summed E-state index contributed by atoms with van der Waals surface area (Å²) in [4.78, 5) is 0. The molecule has 2 heteroatoms. The van der Waals surface area contributed by atoms with Crippen LogP contribution in [0.25, 0.3) is 0 Å². The Hall–Kier alpha value is 0.310. The minimum Gasteiger partial charge on any atom is -0.383 e. The van der Waals surface area contributed by atoms with Crippen LogP contribution in [0.4, 0.5) is 0 Å². The molecule has 0 saturated carbocycles. The van der Waals surface area contributed by atoms with Gasteiger partial charge in [-0.05, 0) is 19.1 Å². The maximum absolute atomic E-state index is 8.81. The van der Waals surface area contributed by atoms with Gasteiger partial charge in [-0.15, -0.1) is 11.8 Å². The lowest BCUT2D eigenvalue weighted by atomic mass is 10.3. The maximum Gasteiger partial charge on any atom is 0.0964 e. The van der Waals surface area contributed by atoms with Gasteiger partial charge >= 0.3 is 0 Å². The second-order valence-corrected chi connectivity index (χ2v) is 3.60. The highest BCUT2D eigenvalue weighted by atomic mass is 32.2. The lowest BCUT2D eigenvalue weighted by Gasteiger charge is -2.01. The van der Waals surface area contributed by atoms with Crippen LogP contribution in [0.15, 0.2) is 0 Å². The Bertz CT molecular complexity index is 54.9. The highest BCUT2D eigenvalue weighted by molar-refractivity contribution is 7.99. The van der Waals surface area contributed by atoms with Gasteiger partial charge in [-0.2, -0.15) is 0 Å². The molecule has 0 rings (SSSR count). The van der Waals surface area contributed by atoms with Crippen LogP contribution in [0.5, 0.6) is 0 Å². The maximum atomic E-state index is 8.81. The zero-order chi connectivity index (χ0) is 7.11. The first-order chi connectivity index (χ1) is 4.27. The third-order valence-corrected chi connectivity index (χ3v) is 2.11. The van der Waals surface area contributed by atoms with Crippen molar-refractivity contribution in [2.24, 2.45) is 0 Å². The van der Waals surface area contributed by atoms with E-state index in [0.717, 1.165) is 5.75 Å². The van der Waals surface area contributed by atoms with Gasteiger partial charge in [0.15, 0.2) is 0 Å². The van der Waals surface area contributed by atoms with Crippen molar-refractivity contribution in [3.8, 4) is 0 Å². The fourth-order valence-electron chi connectivity index (χ4n) is 0.606. The van der Waals surface area contributed by atoms with E-state index in [9.17, 15) is 0 Å². The van der Waals surface area contributed by atoms with Gasteiger partial charge in [0.1, 0.15) is 0 Å². The summed E-state index contributed by atoms with van der Waals surface area (Å²) in [5.41, 5.74) is -0.179. The number of hydrogen-bond donors (Lipinski definition) is 1. The molecule has 1 N–H and O–H groups in total. The van der Waals surface area contributed by atoms with E-state index in [1.54, 1.807) is 11.8 Å². The molecule has 1 atom stereocenters. The summed E-state index contributed by atoms with van der Waals surface area (Å²) in [7, 11) is 0. The largest absolute Gasteiger partial charge is 0.383 e. The first kappa shape index (κ1) is 9.31. The predicted octanol–water partition coefficient (Wildman–Crippen LogP) is 2.25. The van der Waals surface area contributed by atoms with Crippen LogP contribution >= 0.6 is 11.8 Å². The summed E-state index contributed by atoms with van der Waals surface area (Å²) < 4.78 is 0. The van der Waals surface area contributed by atoms with Gasteiger partial charge in [0.2, 0.25) is 0 Å². The van der Waals surface area contributed by atoms with Gasteiger partial charge in [-0.25, -0.2) is 0 Å². The summed E-state index contributed by atoms with van der Waals surface area (Å²) in [6.45, 7) is 4.00. The lowest BCUT2D eigenvalue weighted by molar-refractivity contribution is 0.284. The molecule has 0 aliphatic rings. The molecule has 0 aliphatic heterocycles. The molecule has 0 spiro atoms. The minimum atomic E-state index is -0.179. The van der Waals surface area contributed by atoms with Crippen molar-refractivity contribution in [2.45, 2.75) is 38.5 Å². The Morgan fingerprint density at radius 3 is 2.56 bits per heavy atom. The van der Waals surface area contributed by atoms with Crippen LogP contribution in [-0.2, 0) is 0 Å². The number of thioether (sulfide) groups is 1. The normalized spacial score (nSPS) is 13.7. The molecule has 0 heterocycles. The zero-order valence-electron chi connectivity index (χ0n) is 6.26. The predicted molar refractivity (Wildman–Crippen MR) is 43.7 cm³/mol. The van der Waals surface area contributed by atoms with E-state index < -0.39 is 0 Å². The minimum absolute atomic E-state index is 0.179. The van der Waals surface area contributed by atoms with Crippen molar-refractivity contribution in [3.63, 3.8) is 0 Å². The third-order valence-electron chi connectivity index (χ3n) is 1.11. The number of aliphatic hydroxyl groups is 1. The Kier molecular flexibility index (Phi) is 6.65. The van der Waals surface area contributed by atoms with Crippen LogP contribution in [0.1, 0.15) is 33.1 Å². The number of aliphatic hydroxyl groups excluding tert-OH is 1. The van der Waals surface area contributed by atoms with E-state index in [4.69, 9.17) is 5.11 Å². The van der Waals surface area contributed by atoms with Crippen LogP contribution in [-0.4, -0.2) is 16.3 Å². The molecule has 0 amide bonds. The number of rotatable bonds is 5. The Morgan fingerprint density at radius 2 is 2.11 bits per heavy atom. The summed E-state index contributed by atoms with van der Waals surface area (Å²) in [5, 5.41) is 8.81. The van der Waals surface area contributed by atoms with Gasteiger partial charge in [-0.3, -0.25) is 0 Å². The molecule has 0 aliphatic carbocycles. The molecule has 0 fully saturated rings. The van der Waals surface area contributed by atoms with Crippen molar-refractivity contribution in [1.82, 2.24) is 0 Å². The quantitative estimate of drug-likeness (QED) is 0.476. The molecule has 9 heavy (non-hydrogen) atoms. The van der Waals surface area contributed by atoms with Crippen molar-refractivity contribution in [2.75, 3.05) is 5.75 Å². The topological polar surface area (TPSA) is 20.2 Å². The molecular weight excluding hydrogens is 132 g/mol. The van der Waals surface area contributed by atoms with E-state index in [1.165, 1.54) is 19.3 Å². The molecule has 1 nitrogen and oxygen atoms in total. The van der Waals surface area contributed by atoms with E-state index in [-0.39, 0.29) is 5.44 Å². The molecule has 0 saturated heterocycles. The van der Waals surface area contributed by atoms with Crippen molar-refractivity contribution in [1.29, 1.82) is 0 Å². The van der Waals surface area contributed by atoms with Gasteiger partial charge in [-0.1, -0.05) is 19.8 Å². The first-order valence-corrected chi connectivity index (χ1v) is 4.62. The summed E-state index contributed by atoms with van der Waals surface area (Å²) in [6.07, 6.45) is 3.80. The molecule has 0 aromatic carbocycles. The highest BCUT2D eigenvalue weighted by Crippen LogP contribution is 2.09. The fourth-order valence-corrected chi connectivity index (χ4v) is 1.32. The van der Waals surface area contributed by atoms with Crippen molar-refractivity contribution < 1.29 is 5.11 Å². The van der Waals surface area contributed by atoms with Crippen LogP contribution in [0.2, 0.25) is 0 Å². The smallest absolute Gasteiger partial charge is 0.0964 e. The molecule has 0 bridgehead atoms. The van der Waals surface area contributed by atoms with Crippen LogP contribution in [0.3, 0.4) is 0 Å². The van der Waals surface area contributed by atoms with Crippen molar-refractivity contribution >= 4 is 11.8 Å². The fraction of sp³-hybridized carbons (Fsp3) is 1.00. The number of unbranched alkanes of at least 4 members (excludes halogenated alkanes) is 2. The van der Waals surface area contributed by atoms with Crippen molar-refractivity contribution in [3.05, 3.63) is 0 Å². The van der Waals surface area contributed by atoms with Gasteiger partial charge < -0.3 is 5.11 Å². The summed E-state index contributed by atoms with van der Waals surface area (Å²) in [6, 6.07) is 0. The Morgan fingerprint density at radius 1 is 1.44 bits per heavy atom. The third kappa shape index (κ3) is 8.31. The standard InChI is InChI=1S/C7H16OS/c1-3-4-5-6-9-7(2)8/h7-8H,3-6H2,1-2H3. The van der Waals surface area contributed by atoms with Gasteiger partial charge in [0, 0.05) is 0 Å². The van der Waals surface area contributed by atoms with Crippen LogP contribution in [0, 0.1) is 0 Å². The SMILES string of the molecule is CCCCCSC(C)O. The average Bonchev–Trinajstić information content (AvgIpc) is 1.80. The van der Waals surface area contributed by atoms with E-state index in [0.29, 0.717) is 0 Å². The van der Waals surface area contributed by atoms with Crippen LogP contribution < -0.4 is 0 Å². The summed E-state index contributed by atoms with van der Waals surface area (Å²) >= 11 is 1.63. The molecule has 1 unspecified atom stereocenters. The first-order valence-electron chi connectivity index (χ1n) is 3.57. The monoisotopic (exact) mass is 148 g/mol. The Balaban J connectivity index is 2.75. The van der Waals surface area contributed by atoms with Gasteiger partial charge in [0.25, 0.3) is 0 Å². The second kappa shape index (κ2) is 6.43. The number of hydrogen-bond acceptors (Lipinski definition) is 2.